The number of aliphatic hydroxyl groups excluding tert-OH is 2. The van der Waals surface area contributed by atoms with Crippen LogP contribution in [0.25, 0.3) is 0 Å². The average molecular weight is 669 g/mol. The van der Waals surface area contributed by atoms with Gasteiger partial charge in [0.15, 0.2) is 0 Å². The second-order valence-corrected chi connectivity index (χ2v) is 14.8. The summed E-state index contributed by atoms with van der Waals surface area (Å²) >= 11 is 0. The number of carbonyl (C=O) groups is 2. The van der Waals surface area contributed by atoms with Crippen molar-refractivity contribution in [1.82, 2.24) is 29.8 Å². The number of nitrogens with zero attached hydrogens (tertiary/aromatic N) is 5. The van der Waals surface area contributed by atoms with Crippen molar-refractivity contribution in [2.24, 2.45) is 0 Å². The van der Waals surface area contributed by atoms with Gasteiger partial charge in [-0.2, -0.15) is 8.42 Å². The van der Waals surface area contributed by atoms with Gasteiger partial charge in [0.25, 0.3) is 10.1 Å². The Kier molecular flexibility index (Phi) is 18.7. The van der Waals surface area contributed by atoms with Crippen LogP contribution in [0.15, 0.2) is 0 Å². The second kappa shape index (κ2) is 20.4. The topological polar surface area (TPSA) is 165 Å². The van der Waals surface area contributed by atoms with Gasteiger partial charge >= 0.3 is 12.2 Å². The molecule has 3 heterocycles. The average Bonchev–Trinajstić information content (AvgIpc) is 2.93. The van der Waals surface area contributed by atoms with Crippen LogP contribution in [0.1, 0.15) is 41.5 Å². The van der Waals surface area contributed by atoms with E-state index in [1.165, 1.54) is 0 Å². The normalized spacial score (nSPS) is 19.1. The molecule has 0 bridgehead atoms. The molecule has 16 heteroatoms. The lowest BCUT2D eigenvalue weighted by molar-refractivity contribution is 0.0126. The Morgan fingerprint density at radius 2 is 1.00 bits per heavy atom. The third kappa shape index (κ3) is 20.9. The molecule has 0 radical (unpaired) electrons. The van der Waals surface area contributed by atoms with Gasteiger partial charge in [0.1, 0.15) is 11.2 Å². The summed E-state index contributed by atoms with van der Waals surface area (Å²) in [5.41, 5.74) is -0.920. The Morgan fingerprint density at radius 1 is 0.644 bits per heavy atom. The highest BCUT2D eigenvalue weighted by atomic mass is 32.2. The van der Waals surface area contributed by atoms with Crippen molar-refractivity contribution < 1.29 is 41.9 Å². The smallest absolute Gasteiger partial charge is 0.410 e. The van der Waals surface area contributed by atoms with E-state index in [4.69, 9.17) is 23.9 Å². The summed E-state index contributed by atoms with van der Waals surface area (Å²) in [5, 5.41) is 20.6. The van der Waals surface area contributed by atoms with Gasteiger partial charge in [-0.1, -0.05) is 0 Å². The number of hydrogen-bond donors (Lipinski definition) is 3. The molecule has 0 saturated carbocycles. The maximum absolute atomic E-state index is 11.8. The molecule has 0 atom stereocenters. The highest BCUT2D eigenvalue weighted by Gasteiger charge is 2.27. The third-order valence-corrected chi connectivity index (χ3v) is 7.39. The van der Waals surface area contributed by atoms with Crippen molar-refractivity contribution in [3.05, 3.63) is 0 Å². The van der Waals surface area contributed by atoms with Crippen LogP contribution in [0.3, 0.4) is 0 Å². The summed E-state index contributed by atoms with van der Waals surface area (Å²) in [7, 11) is -3.38. The fourth-order valence-electron chi connectivity index (χ4n) is 4.50. The molecular formula is C29H60N6O9S. The molecule has 266 valence electrons. The molecule has 3 saturated heterocycles. The fraction of sp³-hybridized carbons (Fsp3) is 0.931. The predicted molar refractivity (Wildman–Crippen MR) is 173 cm³/mol. The first kappa shape index (κ1) is 41.2. The number of aliphatic hydroxyl groups is 2. The molecule has 15 nitrogen and oxygen atoms in total. The van der Waals surface area contributed by atoms with Crippen molar-refractivity contribution in [3.63, 3.8) is 0 Å². The maximum Gasteiger partial charge on any atom is 0.410 e. The van der Waals surface area contributed by atoms with E-state index < -0.39 is 21.3 Å². The molecule has 0 aliphatic carbocycles. The molecule has 0 aromatic rings. The number of piperazine rings is 3. The largest absolute Gasteiger partial charge is 0.444 e. The van der Waals surface area contributed by atoms with Crippen molar-refractivity contribution in [3.8, 4) is 0 Å². The number of rotatable bonds is 8. The standard InChI is InChI=1S/C12H24N2O5S.C11H22N2O3.C6H14N2O/c1-12(2,3)19-11(15)14-7-5-13(6-8-14)9-10-18-20(4,16)17;1-11(2,3)16-10(15)13-6-4-12(5-7-13)8-9-14;9-6-5-8-3-1-7-2-4-8/h5-10H2,1-4H3;14H,4-9H2,1-3H3;7,9H,1-6H2. The molecular weight excluding hydrogens is 608 g/mol. The first-order valence-corrected chi connectivity index (χ1v) is 17.6. The summed E-state index contributed by atoms with van der Waals surface area (Å²) in [4.78, 5) is 33.4. The lowest BCUT2D eigenvalue weighted by Gasteiger charge is -2.35. The van der Waals surface area contributed by atoms with Crippen LogP contribution in [0.2, 0.25) is 0 Å². The van der Waals surface area contributed by atoms with Crippen LogP contribution in [0, 0.1) is 0 Å². The predicted octanol–water partition coefficient (Wildman–Crippen LogP) is -0.0694. The fourth-order valence-corrected chi connectivity index (χ4v) is 4.87. The van der Waals surface area contributed by atoms with Crippen LogP contribution in [-0.4, -0.2) is 191 Å². The van der Waals surface area contributed by atoms with E-state index in [1.807, 2.05) is 41.5 Å². The SMILES string of the molecule is CC(C)(C)OC(=O)N1CCN(CCO)CC1.CC(C)(C)OC(=O)N1CCN(CCOS(C)(=O)=O)CC1.OCCN1CCNCC1. The second-order valence-electron chi connectivity index (χ2n) is 13.2. The summed E-state index contributed by atoms with van der Waals surface area (Å²) in [5.74, 6) is 0. The van der Waals surface area contributed by atoms with E-state index in [0.717, 1.165) is 52.1 Å². The lowest BCUT2D eigenvalue weighted by Crippen LogP contribution is -2.50. The Bertz CT molecular complexity index is 934. The molecule has 0 unspecified atom stereocenters. The van der Waals surface area contributed by atoms with Crippen molar-refractivity contribution in [2.45, 2.75) is 52.7 Å². The molecule has 3 N–H and O–H groups in total. The van der Waals surface area contributed by atoms with Crippen molar-refractivity contribution in [1.29, 1.82) is 0 Å². The number of ether oxygens (including phenoxy) is 2. The van der Waals surface area contributed by atoms with Crippen LogP contribution in [0.5, 0.6) is 0 Å². The molecule has 3 aliphatic rings. The molecule has 3 rings (SSSR count). The zero-order valence-corrected chi connectivity index (χ0v) is 29.4. The van der Waals surface area contributed by atoms with Crippen LogP contribution >= 0.6 is 0 Å². The number of amides is 2. The summed E-state index contributed by atoms with van der Waals surface area (Å²) < 4.78 is 37.0. The Balaban J connectivity index is 0.000000360. The quantitative estimate of drug-likeness (QED) is 0.295. The third-order valence-electron chi connectivity index (χ3n) is 6.79. The van der Waals surface area contributed by atoms with E-state index in [1.54, 1.807) is 9.80 Å². The molecule has 0 aromatic heterocycles. The zero-order chi connectivity index (χ0) is 34.1. The van der Waals surface area contributed by atoms with Gasteiger partial charge in [0.05, 0.1) is 26.1 Å². The first-order chi connectivity index (χ1) is 20.9. The van der Waals surface area contributed by atoms with Gasteiger partial charge in [0, 0.05) is 98.2 Å². The van der Waals surface area contributed by atoms with E-state index in [2.05, 4.69) is 20.0 Å². The van der Waals surface area contributed by atoms with Gasteiger partial charge in [-0.25, -0.2) is 9.59 Å². The van der Waals surface area contributed by atoms with E-state index in [9.17, 15) is 18.0 Å². The minimum absolute atomic E-state index is 0.144. The lowest BCUT2D eigenvalue weighted by atomic mass is 10.2. The molecule has 0 aromatic carbocycles. The number of nitrogens with one attached hydrogen (secondary N) is 1. The molecule has 2 amide bonds. The van der Waals surface area contributed by atoms with Crippen molar-refractivity contribution in [2.75, 3.05) is 124 Å². The van der Waals surface area contributed by atoms with Gasteiger partial charge < -0.3 is 34.8 Å². The van der Waals surface area contributed by atoms with Gasteiger partial charge in [-0.15, -0.1) is 0 Å². The minimum Gasteiger partial charge on any atom is -0.444 e. The highest BCUT2D eigenvalue weighted by Crippen LogP contribution is 2.13. The molecule has 3 fully saturated rings. The van der Waals surface area contributed by atoms with Crippen molar-refractivity contribution >= 4 is 22.3 Å². The summed E-state index contributed by atoms with van der Waals surface area (Å²) in [6, 6.07) is 0. The summed E-state index contributed by atoms with van der Waals surface area (Å²) in [6.07, 6.45) is 0.494. The molecule has 45 heavy (non-hydrogen) atoms. The first-order valence-electron chi connectivity index (χ1n) is 15.8. The van der Waals surface area contributed by atoms with Gasteiger partial charge in [0.2, 0.25) is 0 Å². The minimum atomic E-state index is -3.38. The Morgan fingerprint density at radius 3 is 1.33 bits per heavy atom. The number of hydrogen-bond acceptors (Lipinski definition) is 13. The van der Waals surface area contributed by atoms with Gasteiger partial charge in [-0.3, -0.25) is 18.9 Å². The van der Waals surface area contributed by atoms with Crippen LogP contribution in [0.4, 0.5) is 9.59 Å². The monoisotopic (exact) mass is 668 g/mol. The Hall–Kier alpha value is -1.79. The van der Waals surface area contributed by atoms with Crippen LogP contribution in [-0.2, 0) is 23.8 Å². The number of carbonyl (C=O) groups excluding carboxylic acids is 2. The van der Waals surface area contributed by atoms with E-state index >= 15 is 0 Å². The Labute approximate surface area is 270 Å². The van der Waals surface area contributed by atoms with Crippen LogP contribution < -0.4 is 5.32 Å². The molecule has 0 spiro atoms. The molecule has 3 aliphatic heterocycles. The van der Waals surface area contributed by atoms with E-state index in [-0.39, 0.29) is 25.4 Å². The zero-order valence-electron chi connectivity index (χ0n) is 28.6. The maximum atomic E-state index is 11.8. The van der Waals surface area contributed by atoms with E-state index in [0.29, 0.717) is 59.0 Å². The summed E-state index contributed by atoms with van der Waals surface area (Å²) in [6.45, 7) is 23.6. The van der Waals surface area contributed by atoms with Gasteiger partial charge in [-0.05, 0) is 41.5 Å². The number of β-amino-alcohol motifs (C(OH)–C–C–N with tert-alkyl or cyclic N) is 2. The highest BCUT2D eigenvalue weighted by molar-refractivity contribution is 7.85.